The van der Waals surface area contributed by atoms with Crippen molar-refractivity contribution in [1.29, 1.82) is 0 Å². The minimum absolute atomic E-state index is 0. The molecule has 0 bridgehead atoms. The molecule has 0 amide bonds. The van der Waals surface area contributed by atoms with Crippen LogP contribution < -0.4 is 5.32 Å². The third-order valence-electron chi connectivity index (χ3n) is 0.775. The fourth-order valence-electron chi connectivity index (χ4n) is 0.381. The Balaban J connectivity index is 0. The van der Waals surface area contributed by atoms with E-state index in [-0.39, 0.29) is 1.43 Å². The Hall–Kier alpha value is -0.300. The summed E-state index contributed by atoms with van der Waals surface area (Å²) < 4.78 is 0. The van der Waals surface area contributed by atoms with Gasteiger partial charge in [0.05, 0.1) is 0 Å². The van der Waals surface area contributed by atoms with E-state index in [0.717, 1.165) is 19.5 Å². The van der Waals surface area contributed by atoms with E-state index in [9.17, 15) is 0 Å². The van der Waals surface area contributed by atoms with Crippen LogP contribution in [0.15, 0.2) is 12.7 Å². The molecule has 0 saturated heterocycles. The molecule has 0 aromatic heterocycles. The summed E-state index contributed by atoms with van der Waals surface area (Å²) in [6, 6.07) is 0. The topological polar surface area (TPSA) is 12.0 Å². The van der Waals surface area contributed by atoms with E-state index >= 15 is 0 Å². The van der Waals surface area contributed by atoms with Crippen LogP contribution in [0.3, 0.4) is 0 Å². The summed E-state index contributed by atoms with van der Waals surface area (Å²) in [5.41, 5.74) is 0. The quantitative estimate of drug-likeness (QED) is 0.417. The molecular formula is C6H15N. The molecule has 0 heterocycles. The van der Waals surface area contributed by atoms with Crippen molar-refractivity contribution in [3.05, 3.63) is 12.7 Å². The molecule has 0 aromatic rings. The molecule has 0 aliphatic heterocycles. The first-order valence-electron chi connectivity index (χ1n) is 2.73. The Morgan fingerprint density at radius 2 is 2.57 bits per heavy atom. The Morgan fingerprint density at radius 1 is 1.86 bits per heavy atom. The summed E-state index contributed by atoms with van der Waals surface area (Å²) >= 11 is 0. The minimum atomic E-state index is 0. The number of nitrogens with one attached hydrogen (secondary N) is 1. The second-order valence-corrected chi connectivity index (χ2v) is 1.43. The molecule has 0 radical (unpaired) electrons. The van der Waals surface area contributed by atoms with Gasteiger partial charge in [-0.3, -0.25) is 0 Å². The Morgan fingerprint density at radius 3 is 3.00 bits per heavy atom. The summed E-state index contributed by atoms with van der Waals surface area (Å²) in [6.07, 6.45) is 3.00. The molecule has 0 aromatic carbocycles. The monoisotopic (exact) mass is 101 g/mol. The molecule has 44 valence electrons. The molecule has 1 nitrogen and oxygen atoms in total. The molecule has 0 aliphatic carbocycles. The maximum Gasteiger partial charge on any atom is 0 e. The first-order valence-corrected chi connectivity index (χ1v) is 2.73. The smallest absolute Gasteiger partial charge is 0 e. The van der Waals surface area contributed by atoms with Crippen molar-refractivity contribution in [2.45, 2.75) is 13.3 Å². The molecule has 0 spiro atoms. The van der Waals surface area contributed by atoms with Crippen molar-refractivity contribution in [2.75, 3.05) is 13.1 Å². The van der Waals surface area contributed by atoms with Crippen molar-refractivity contribution in [2.24, 2.45) is 0 Å². The second kappa shape index (κ2) is 5.70. The normalized spacial score (nSPS) is 8.71. The fraction of sp³-hybridized carbons (Fsp3) is 0.667. The van der Waals surface area contributed by atoms with E-state index in [1.165, 1.54) is 0 Å². The minimum Gasteiger partial charge on any atom is -0.317 e. The van der Waals surface area contributed by atoms with Crippen molar-refractivity contribution in [1.82, 2.24) is 5.32 Å². The van der Waals surface area contributed by atoms with Gasteiger partial charge < -0.3 is 5.32 Å². The fourth-order valence-corrected chi connectivity index (χ4v) is 0.381. The van der Waals surface area contributed by atoms with Gasteiger partial charge in [0.1, 0.15) is 0 Å². The maximum atomic E-state index is 3.59. The summed E-state index contributed by atoms with van der Waals surface area (Å²) in [6.45, 7) is 7.83. The Labute approximate surface area is 46.9 Å². The lowest BCUT2D eigenvalue weighted by molar-refractivity contribution is 0.727. The van der Waals surface area contributed by atoms with Crippen molar-refractivity contribution in [3.63, 3.8) is 0 Å². The molecule has 0 fully saturated rings. The largest absolute Gasteiger partial charge is 0.317 e. The average molecular weight is 101 g/mol. The van der Waals surface area contributed by atoms with Gasteiger partial charge in [0.2, 0.25) is 0 Å². The zero-order valence-electron chi connectivity index (χ0n) is 4.91. The third kappa shape index (κ3) is 5.70. The van der Waals surface area contributed by atoms with E-state index in [0.29, 0.717) is 0 Å². The summed E-state index contributed by atoms with van der Waals surface area (Å²) in [7, 11) is 0. The SMILES string of the molecule is C=CCCNCC.[HH]. The zero-order valence-corrected chi connectivity index (χ0v) is 4.91. The summed E-state index contributed by atoms with van der Waals surface area (Å²) in [4.78, 5) is 0. The summed E-state index contributed by atoms with van der Waals surface area (Å²) in [5, 5.41) is 3.18. The molecule has 7 heavy (non-hydrogen) atoms. The molecule has 0 aliphatic rings. The lowest BCUT2D eigenvalue weighted by Gasteiger charge is -1.92. The van der Waals surface area contributed by atoms with Crippen molar-refractivity contribution < 1.29 is 1.43 Å². The zero-order chi connectivity index (χ0) is 5.54. The van der Waals surface area contributed by atoms with Crippen LogP contribution in [0, 0.1) is 0 Å². The van der Waals surface area contributed by atoms with Crippen LogP contribution in [-0.4, -0.2) is 13.1 Å². The van der Waals surface area contributed by atoms with E-state index in [1.54, 1.807) is 0 Å². The number of rotatable bonds is 4. The molecule has 0 saturated carbocycles. The number of hydrogen-bond acceptors (Lipinski definition) is 1. The van der Waals surface area contributed by atoms with Crippen LogP contribution in [0.25, 0.3) is 0 Å². The van der Waals surface area contributed by atoms with Gasteiger partial charge in [-0.2, -0.15) is 0 Å². The van der Waals surface area contributed by atoms with Gasteiger partial charge >= 0.3 is 0 Å². The molecule has 0 unspecified atom stereocenters. The molecule has 1 N–H and O–H groups in total. The van der Waals surface area contributed by atoms with Crippen molar-refractivity contribution >= 4 is 0 Å². The highest BCUT2D eigenvalue weighted by Crippen LogP contribution is 1.72. The van der Waals surface area contributed by atoms with E-state index in [2.05, 4.69) is 18.8 Å². The lowest BCUT2D eigenvalue weighted by Crippen LogP contribution is -2.12. The third-order valence-corrected chi connectivity index (χ3v) is 0.775. The first-order chi connectivity index (χ1) is 3.41. The van der Waals surface area contributed by atoms with Gasteiger partial charge in [-0.05, 0) is 19.5 Å². The average Bonchev–Trinajstić information content (AvgIpc) is 1.69. The summed E-state index contributed by atoms with van der Waals surface area (Å²) in [5.74, 6) is 0. The van der Waals surface area contributed by atoms with E-state index in [4.69, 9.17) is 0 Å². The van der Waals surface area contributed by atoms with Crippen LogP contribution in [-0.2, 0) is 0 Å². The predicted octanol–water partition coefficient (Wildman–Crippen LogP) is 1.42. The molecule has 0 atom stereocenters. The Kier molecular flexibility index (Phi) is 5.46. The van der Waals surface area contributed by atoms with Crippen LogP contribution in [0.1, 0.15) is 14.8 Å². The molecule has 1 heteroatoms. The van der Waals surface area contributed by atoms with Gasteiger partial charge in [-0.25, -0.2) is 0 Å². The second-order valence-electron chi connectivity index (χ2n) is 1.43. The Bertz CT molecular complexity index is 45.8. The van der Waals surface area contributed by atoms with Gasteiger partial charge in [-0.15, -0.1) is 6.58 Å². The highest BCUT2D eigenvalue weighted by Gasteiger charge is 1.74. The van der Waals surface area contributed by atoms with Crippen LogP contribution in [0.2, 0.25) is 0 Å². The highest BCUT2D eigenvalue weighted by atomic mass is 14.8. The van der Waals surface area contributed by atoms with Crippen LogP contribution >= 0.6 is 0 Å². The van der Waals surface area contributed by atoms with Crippen LogP contribution in [0.5, 0.6) is 0 Å². The maximum absolute atomic E-state index is 3.59. The van der Waals surface area contributed by atoms with Gasteiger partial charge in [0.15, 0.2) is 0 Å². The molecular weight excluding hydrogens is 86.1 g/mol. The first kappa shape index (κ1) is 6.70. The van der Waals surface area contributed by atoms with Crippen LogP contribution in [0.4, 0.5) is 0 Å². The van der Waals surface area contributed by atoms with Gasteiger partial charge in [0.25, 0.3) is 0 Å². The van der Waals surface area contributed by atoms with E-state index in [1.807, 2.05) is 6.08 Å². The predicted molar refractivity (Wildman–Crippen MR) is 35.5 cm³/mol. The van der Waals surface area contributed by atoms with Gasteiger partial charge in [-0.1, -0.05) is 13.0 Å². The highest BCUT2D eigenvalue weighted by molar-refractivity contribution is 4.66. The molecule has 0 rings (SSSR count). The lowest BCUT2D eigenvalue weighted by atomic mass is 10.4. The standard InChI is InChI=1S/C6H13N.H2/c1-3-5-6-7-4-2;/h3,7H,1,4-6H2,2H3;1H. The number of hydrogen-bond donors (Lipinski definition) is 1. The van der Waals surface area contributed by atoms with Gasteiger partial charge in [0, 0.05) is 1.43 Å². The van der Waals surface area contributed by atoms with E-state index < -0.39 is 0 Å². The van der Waals surface area contributed by atoms with Crippen molar-refractivity contribution in [3.8, 4) is 0 Å².